The summed E-state index contributed by atoms with van der Waals surface area (Å²) in [6.45, 7) is 3.12. The maximum absolute atomic E-state index is 14.9. The molecular weight excluding hydrogens is 605 g/mol. The fraction of sp³-hybridized carbons (Fsp3) is 0.393. The average Bonchev–Trinajstić information content (AvgIpc) is 3.48. The molecule has 0 fully saturated rings. The molecule has 0 aromatic heterocycles. The number of halogens is 1. The lowest BCUT2D eigenvalue weighted by atomic mass is 9.79. The second-order valence-electron chi connectivity index (χ2n) is 10.5. The van der Waals surface area contributed by atoms with Crippen LogP contribution in [0.5, 0.6) is 11.5 Å². The zero-order valence-corrected chi connectivity index (χ0v) is 24.9. The molecule has 0 saturated carbocycles. The van der Waals surface area contributed by atoms with Crippen LogP contribution in [0.2, 0.25) is 0 Å². The third-order valence-corrected chi connectivity index (χ3v) is 8.45. The Bertz CT molecular complexity index is 1680. The molecule has 14 nitrogen and oxygen atoms in total. The van der Waals surface area contributed by atoms with Crippen LogP contribution < -0.4 is 25.0 Å². The number of sulfone groups is 1. The van der Waals surface area contributed by atoms with Crippen LogP contribution in [0.4, 0.5) is 21.5 Å². The number of carboxylic acids is 2. The lowest BCUT2D eigenvalue weighted by Crippen LogP contribution is -2.54. The van der Waals surface area contributed by atoms with Gasteiger partial charge in [-0.15, -0.1) is 0 Å². The summed E-state index contributed by atoms with van der Waals surface area (Å²) in [5.74, 6) is -12.2. The highest BCUT2D eigenvalue weighted by Crippen LogP contribution is 2.51. The minimum atomic E-state index is -3.96. The third-order valence-electron chi connectivity index (χ3n) is 7.46. The van der Waals surface area contributed by atoms with E-state index < -0.39 is 80.6 Å². The second-order valence-corrected chi connectivity index (χ2v) is 12.7. The van der Waals surface area contributed by atoms with E-state index in [4.69, 9.17) is 9.47 Å². The maximum Gasteiger partial charge on any atom is 0.394 e. The van der Waals surface area contributed by atoms with Crippen LogP contribution in [-0.4, -0.2) is 86.0 Å². The summed E-state index contributed by atoms with van der Waals surface area (Å²) in [5.41, 5.74) is -0.0605. The molecule has 2 aromatic rings. The largest absolute Gasteiger partial charge is 0.493 e. The lowest BCUT2D eigenvalue weighted by Gasteiger charge is -2.36. The summed E-state index contributed by atoms with van der Waals surface area (Å²) in [5, 5.41) is 25.0. The normalized spacial score (nSPS) is 19.3. The number of amides is 2. The number of aliphatic carboxylic acids is 2. The number of methoxy groups -OCH3 is 1. The molecule has 0 spiro atoms. The number of carbonyl (C=O) groups excluding carboxylic acids is 3. The standard InChI is InChI=1S/C28H30FN3O11S/c1-5-43-21-10-16-13(7-20(21)42-3)6-17(31-16)15(11-44(4,40)41)24-23(25(34)27(36)37)22-18(30-12(2)33)8-14(29)9-19(22)32(24)26(35)28(38)39/h7-10,15,17,23-24,31H,5-6,11H2,1-4H3,(H,30,33)(H,36,37)(H,38,39)/t15?,17?,23?,24-/m0/s1. The predicted octanol–water partition coefficient (Wildman–Crippen LogP) is 1.43. The Hall–Kier alpha value is -4.73. The van der Waals surface area contributed by atoms with E-state index >= 15 is 0 Å². The van der Waals surface area contributed by atoms with Gasteiger partial charge in [-0.1, -0.05) is 0 Å². The Labute approximate surface area is 251 Å². The molecule has 44 heavy (non-hydrogen) atoms. The van der Waals surface area contributed by atoms with Crippen molar-refractivity contribution in [3.05, 3.63) is 41.2 Å². The molecular formula is C28H30FN3O11S. The van der Waals surface area contributed by atoms with Crippen molar-refractivity contribution in [2.45, 2.75) is 38.3 Å². The van der Waals surface area contributed by atoms with Gasteiger partial charge in [0.1, 0.15) is 15.7 Å². The molecule has 2 amide bonds. The van der Waals surface area contributed by atoms with E-state index in [2.05, 4.69) is 10.6 Å². The number of Topliss-reactive ketones (excluding diaryl/α,β-unsaturated/α-hetero) is 1. The molecule has 2 aromatic carbocycles. The van der Waals surface area contributed by atoms with Crippen LogP contribution in [-0.2, 0) is 40.2 Å². The number of ether oxygens (including phenoxy) is 2. The molecule has 0 radical (unpaired) electrons. The highest BCUT2D eigenvalue weighted by Gasteiger charge is 2.55. The fourth-order valence-corrected chi connectivity index (χ4v) is 7.12. The van der Waals surface area contributed by atoms with Crippen LogP contribution in [0.15, 0.2) is 24.3 Å². The van der Waals surface area contributed by atoms with Crippen molar-refractivity contribution in [3.63, 3.8) is 0 Å². The van der Waals surface area contributed by atoms with Gasteiger partial charge in [-0.05, 0) is 37.1 Å². The third kappa shape index (κ3) is 6.15. The number of fused-ring (bicyclic) bond motifs is 2. The fourth-order valence-electron chi connectivity index (χ4n) is 5.99. The molecule has 16 heteroatoms. The molecule has 2 aliphatic rings. The molecule has 0 bridgehead atoms. The first-order valence-corrected chi connectivity index (χ1v) is 15.4. The number of carbonyl (C=O) groups is 5. The van der Waals surface area contributed by atoms with Crippen molar-refractivity contribution in [1.29, 1.82) is 0 Å². The summed E-state index contributed by atoms with van der Waals surface area (Å²) in [6.07, 6.45) is 0.974. The van der Waals surface area contributed by atoms with E-state index in [1.165, 1.54) is 7.11 Å². The zero-order chi connectivity index (χ0) is 32.7. The van der Waals surface area contributed by atoms with Crippen LogP contribution in [0, 0.1) is 11.7 Å². The first-order valence-electron chi connectivity index (χ1n) is 13.3. The van der Waals surface area contributed by atoms with Gasteiger partial charge in [0.2, 0.25) is 11.7 Å². The number of hydrogen-bond donors (Lipinski definition) is 4. The Balaban J connectivity index is 1.97. The van der Waals surface area contributed by atoms with E-state index in [0.717, 1.165) is 25.3 Å². The molecule has 4 atom stereocenters. The number of hydrogen-bond acceptors (Lipinski definition) is 10. The van der Waals surface area contributed by atoms with Crippen LogP contribution in [0.25, 0.3) is 0 Å². The number of anilines is 3. The lowest BCUT2D eigenvalue weighted by molar-refractivity contribution is -0.150. The molecule has 2 aliphatic heterocycles. The van der Waals surface area contributed by atoms with Gasteiger partial charge < -0.3 is 30.3 Å². The number of nitrogens with zero attached hydrogens (tertiary/aromatic N) is 1. The number of nitrogens with one attached hydrogen (secondary N) is 2. The van der Waals surface area contributed by atoms with E-state index in [0.29, 0.717) is 34.3 Å². The van der Waals surface area contributed by atoms with Crippen molar-refractivity contribution in [1.82, 2.24) is 0 Å². The summed E-state index contributed by atoms with van der Waals surface area (Å²) in [6, 6.07) is 2.13. The summed E-state index contributed by atoms with van der Waals surface area (Å²) >= 11 is 0. The Morgan fingerprint density at radius 2 is 1.80 bits per heavy atom. The number of benzene rings is 2. The quantitative estimate of drug-likeness (QED) is 0.274. The van der Waals surface area contributed by atoms with Gasteiger partial charge in [-0.2, -0.15) is 0 Å². The first-order chi connectivity index (χ1) is 20.6. The van der Waals surface area contributed by atoms with E-state index in [1.807, 2.05) is 0 Å². The number of carboxylic acid groups (broad SMARTS) is 2. The van der Waals surface area contributed by atoms with Crippen LogP contribution in [0.3, 0.4) is 0 Å². The minimum absolute atomic E-state index is 0.0845. The van der Waals surface area contributed by atoms with Crippen molar-refractivity contribution in [2.75, 3.05) is 41.3 Å². The maximum atomic E-state index is 14.9. The summed E-state index contributed by atoms with van der Waals surface area (Å²) in [4.78, 5) is 63.4. The van der Waals surface area contributed by atoms with Gasteiger partial charge in [-0.3, -0.25) is 19.3 Å². The monoisotopic (exact) mass is 635 g/mol. The Morgan fingerprint density at radius 1 is 1.11 bits per heavy atom. The van der Waals surface area contributed by atoms with Gasteiger partial charge >= 0.3 is 17.8 Å². The molecule has 3 unspecified atom stereocenters. The SMILES string of the molecule is CCOc1cc2c(cc1OC)CC(C(CS(C)(=O)=O)[C@H]1C(C(=O)C(=O)O)c3c(NC(C)=O)cc(F)cc3N1C(=O)C(=O)O)N2. The van der Waals surface area contributed by atoms with Crippen LogP contribution >= 0.6 is 0 Å². The minimum Gasteiger partial charge on any atom is -0.493 e. The van der Waals surface area contributed by atoms with Crippen molar-refractivity contribution < 1.29 is 56.5 Å². The predicted molar refractivity (Wildman–Crippen MR) is 153 cm³/mol. The number of rotatable bonds is 10. The van der Waals surface area contributed by atoms with E-state index in [-0.39, 0.29) is 17.7 Å². The average molecular weight is 636 g/mol. The smallest absolute Gasteiger partial charge is 0.394 e. The van der Waals surface area contributed by atoms with E-state index in [1.54, 1.807) is 19.1 Å². The van der Waals surface area contributed by atoms with Crippen molar-refractivity contribution >= 4 is 56.4 Å². The molecule has 4 rings (SSSR count). The topological polar surface area (TPSA) is 206 Å². The first kappa shape index (κ1) is 32.2. The van der Waals surface area contributed by atoms with Gasteiger partial charge in [0, 0.05) is 48.1 Å². The van der Waals surface area contributed by atoms with Gasteiger partial charge in [0.15, 0.2) is 11.5 Å². The molecule has 0 aliphatic carbocycles. The van der Waals surface area contributed by atoms with Crippen molar-refractivity contribution in [3.8, 4) is 11.5 Å². The molecule has 2 heterocycles. The highest BCUT2D eigenvalue weighted by atomic mass is 32.2. The highest BCUT2D eigenvalue weighted by molar-refractivity contribution is 7.90. The molecule has 4 N–H and O–H groups in total. The van der Waals surface area contributed by atoms with Gasteiger partial charge in [0.05, 0.1) is 37.1 Å². The van der Waals surface area contributed by atoms with E-state index in [9.17, 15) is 47.0 Å². The summed E-state index contributed by atoms with van der Waals surface area (Å²) in [7, 11) is -2.53. The molecule has 0 saturated heterocycles. The van der Waals surface area contributed by atoms with Crippen LogP contribution in [0.1, 0.15) is 30.9 Å². The number of ketones is 1. The van der Waals surface area contributed by atoms with Gasteiger partial charge in [0.25, 0.3) is 0 Å². The second kappa shape index (κ2) is 12.1. The van der Waals surface area contributed by atoms with Crippen molar-refractivity contribution in [2.24, 2.45) is 5.92 Å². The zero-order valence-electron chi connectivity index (χ0n) is 24.0. The van der Waals surface area contributed by atoms with Gasteiger partial charge in [-0.25, -0.2) is 22.4 Å². The Kier molecular flexibility index (Phi) is 8.86. The molecule has 236 valence electrons. The summed E-state index contributed by atoms with van der Waals surface area (Å²) < 4.78 is 51.5. The Morgan fingerprint density at radius 3 is 2.34 bits per heavy atom.